The number of ether oxygens (including phenoxy) is 2. The van der Waals surface area contributed by atoms with Crippen LogP contribution >= 0.6 is 0 Å². The quantitative estimate of drug-likeness (QED) is 0.709. The van der Waals surface area contributed by atoms with Gasteiger partial charge in [-0.2, -0.15) is 0 Å². The van der Waals surface area contributed by atoms with Crippen molar-refractivity contribution in [2.24, 2.45) is 0 Å². The lowest BCUT2D eigenvalue weighted by atomic mass is 9.86. The van der Waals surface area contributed by atoms with Crippen LogP contribution in [-0.4, -0.2) is 10.9 Å². The van der Waals surface area contributed by atoms with Crippen LogP contribution in [0, 0.1) is 0 Å². The van der Waals surface area contributed by atoms with E-state index in [1.165, 1.54) is 0 Å². The van der Waals surface area contributed by atoms with Gasteiger partial charge in [0.05, 0.1) is 6.61 Å². The van der Waals surface area contributed by atoms with Crippen LogP contribution in [0.15, 0.2) is 72.8 Å². The highest BCUT2D eigenvalue weighted by Gasteiger charge is 2.71. The average Bonchev–Trinajstić information content (AvgIpc) is 3.11. The Bertz CT molecular complexity index is 1100. The molecule has 0 radical (unpaired) electrons. The molecule has 0 bridgehead atoms. The monoisotopic (exact) mass is 386 g/mol. The Morgan fingerprint density at radius 2 is 1.69 bits per heavy atom. The molecule has 2 atom stereocenters. The van der Waals surface area contributed by atoms with Crippen LogP contribution in [-0.2, 0) is 22.7 Å². The van der Waals surface area contributed by atoms with Gasteiger partial charge in [0.1, 0.15) is 5.75 Å². The molecule has 0 saturated heterocycles. The van der Waals surface area contributed by atoms with E-state index < -0.39 is 17.2 Å². The Kier molecular flexibility index (Phi) is 3.92. The number of carbonyl (C=O) groups is 1. The number of ketones is 1. The number of fused-ring (bicyclic) bond motifs is 5. The van der Waals surface area contributed by atoms with Gasteiger partial charge >= 0.3 is 0 Å². The standard InChI is InChI=1S/C25H22O4/c1-16(2)18-12-13-21-22(14-18)29-25(28-15-17-8-4-3-5-9-17)20-11-7-6-10-19(20)23(26)24(21,25)27/h3-14,16,27H,15H2,1-2H3. The lowest BCUT2D eigenvalue weighted by Crippen LogP contribution is -2.50. The van der Waals surface area contributed by atoms with Crippen LogP contribution < -0.4 is 4.74 Å². The van der Waals surface area contributed by atoms with Crippen molar-refractivity contribution in [3.8, 4) is 5.75 Å². The SMILES string of the molecule is CC(C)c1ccc2c(c1)OC1(OCc3ccccc3)c3ccccc3C(=O)C21O. The summed E-state index contributed by atoms with van der Waals surface area (Å²) in [5, 5.41) is 11.8. The third kappa shape index (κ3) is 2.36. The van der Waals surface area contributed by atoms with Crippen molar-refractivity contribution in [3.63, 3.8) is 0 Å². The fraction of sp³-hybridized carbons (Fsp3) is 0.240. The smallest absolute Gasteiger partial charge is 0.279 e. The van der Waals surface area contributed by atoms with E-state index in [-0.39, 0.29) is 6.61 Å². The van der Waals surface area contributed by atoms with Gasteiger partial charge < -0.3 is 14.6 Å². The first-order valence-electron chi connectivity index (χ1n) is 9.85. The fourth-order valence-corrected chi connectivity index (χ4v) is 4.34. The van der Waals surface area contributed by atoms with Crippen LogP contribution in [0.4, 0.5) is 0 Å². The largest absolute Gasteiger partial charge is 0.453 e. The first kappa shape index (κ1) is 18.1. The first-order chi connectivity index (χ1) is 14.0. The molecular weight excluding hydrogens is 364 g/mol. The van der Waals surface area contributed by atoms with Crippen LogP contribution in [0.1, 0.15) is 52.4 Å². The maximum absolute atomic E-state index is 13.4. The van der Waals surface area contributed by atoms with Crippen molar-refractivity contribution in [1.82, 2.24) is 0 Å². The molecule has 0 amide bonds. The van der Waals surface area contributed by atoms with Gasteiger partial charge in [0.2, 0.25) is 11.4 Å². The average molecular weight is 386 g/mol. The Balaban J connectivity index is 1.67. The Morgan fingerprint density at radius 3 is 2.45 bits per heavy atom. The highest BCUT2D eigenvalue weighted by molar-refractivity contribution is 6.09. The van der Waals surface area contributed by atoms with E-state index in [1.54, 1.807) is 24.3 Å². The molecule has 4 heteroatoms. The van der Waals surface area contributed by atoms with E-state index in [1.807, 2.05) is 48.5 Å². The molecule has 3 aromatic carbocycles. The molecule has 2 unspecified atom stereocenters. The van der Waals surface area contributed by atoms with Crippen LogP contribution in [0.5, 0.6) is 5.75 Å². The van der Waals surface area contributed by atoms with Crippen molar-refractivity contribution < 1.29 is 19.4 Å². The zero-order valence-electron chi connectivity index (χ0n) is 16.4. The Hall–Kier alpha value is -2.95. The van der Waals surface area contributed by atoms with Crippen molar-refractivity contribution in [2.45, 2.75) is 37.8 Å². The fourth-order valence-electron chi connectivity index (χ4n) is 4.34. The minimum Gasteiger partial charge on any atom is -0.453 e. The molecule has 0 saturated carbocycles. The van der Waals surface area contributed by atoms with E-state index in [4.69, 9.17) is 9.47 Å². The summed E-state index contributed by atoms with van der Waals surface area (Å²) in [5.41, 5.74) is 1.54. The van der Waals surface area contributed by atoms with Gasteiger partial charge in [-0.05, 0) is 23.1 Å². The van der Waals surface area contributed by atoms with Gasteiger partial charge in [-0.3, -0.25) is 4.79 Å². The zero-order chi connectivity index (χ0) is 20.2. The normalized spacial score (nSPS) is 24.2. The summed E-state index contributed by atoms with van der Waals surface area (Å²) in [6, 6.07) is 22.4. The highest BCUT2D eigenvalue weighted by Crippen LogP contribution is 2.60. The van der Waals surface area contributed by atoms with Gasteiger partial charge in [0.15, 0.2) is 0 Å². The van der Waals surface area contributed by atoms with Crippen LogP contribution in [0.25, 0.3) is 0 Å². The number of aliphatic hydroxyl groups is 1. The van der Waals surface area contributed by atoms with E-state index >= 15 is 0 Å². The minimum absolute atomic E-state index is 0.204. The van der Waals surface area contributed by atoms with Gasteiger partial charge in [0, 0.05) is 16.7 Å². The summed E-state index contributed by atoms with van der Waals surface area (Å²) < 4.78 is 12.6. The summed E-state index contributed by atoms with van der Waals surface area (Å²) in [6.45, 7) is 4.39. The molecule has 1 N–H and O–H groups in total. The van der Waals surface area contributed by atoms with E-state index in [2.05, 4.69) is 13.8 Å². The van der Waals surface area contributed by atoms with E-state index in [0.29, 0.717) is 28.4 Å². The van der Waals surface area contributed by atoms with Gasteiger partial charge in [-0.15, -0.1) is 0 Å². The first-order valence-corrected chi connectivity index (χ1v) is 9.85. The number of hydrogen-bond acceptors (Lipinski definition) is 4. The predicted molar refractivity (Wildman–Crippen MR) is 109 cm³/mol. The maximum atomic E-state index is 13.4. The third-order valence-corrected chi connectivity index (χ3v) is 5.93. The molecule has 5 rings (SSSR count). The summed E-state index contributed by atoms with van der Waals surface area (Å²) in [6.07, 6.45) is 0. The minimum atomic E-state index is -1.92. The molecule has 2 aliphatic rings. The summed E-state index contributed by atoms with van der Waals surface area (Å²) in [7, 11) is 0. The van der Waals surface area contributed by atoms with E-state index in [0.717, 1.165) is 11.1 Å². The van der Waals surface area contributed by atoms with Crippen LogP contribution in [0.2, 0.25) is 0 Å². The number of carbonyl (C=O) groups excluding carboxylic acids is 1. The molecule has 1 heterocycles. The molecule has 4 nitrogen and oxygen atoms in total. The second-order valence-electron chi connectivity index (χ2n) is 7.99. The van der Waals surface area contributed by atoms with Crippen molar-refractivity contribution in [1.29, 1.82) is 0 Å². The number of Topliss-reactive ketones (excluding diaryl/α,β-unsaturated/α-hetero) is 1. The van der Waals surface area contributed by atoms with Crippen molar-refractivity contribution in [3.05, 3.63) is 101 Å². The Morgan fingerprint density at radius 1 is 0.966 bits per heavy atom. The molecular formula is C25H22O4. The summed E-state index contributed by atoms with van der Waals surface area (Å²) >= 11 is 0. The molecule has 1 aliphatic heterocycles. The second-order valence-corrected chi connectivity index (χ2v) is 7.99. The predicted octanol–water partition coefficient (Wildman–Crippen LogP) is 4.66. The van der Waals surface area contributed by atoms with Gasteiger partial charge in [0.25, 0.3) is 5.79 Å². The lowest BCUT2D eigenvalue weighted by Gasteiger charge is -2.34. The Labute approximate surface area is 169 Å². The number of hydrogen-bond donors (Lipinski definition) is 1. The van der Waals surface area contributed by atoms with Gasteiger partial charge in [-0.25, -0.2) is 0 Å². The number of benzene rings is 3. The van der Waals surface area contributed by atoms with Crippen molar-refractivity contribution >= 4 is 5.78 Å². The molecule has 1 aliphatic carbocycles. The maximum Gasteiger partial charge on any atom is 0.279 e. The van der Waals surface area contributed by atoms with Crippen molar-refractivity contribution in [2.75, 3.05) is 0 Å². The number of rotatable bonds is 4. The van der Waals surface area contributed by atoms with Gasteiger partial charge in [-0.1, -0.05) is 80.6 Å². The molecule has 3 aromatic rings. The third-order valence-electron chi connectivity index (χ3n) is 5.93. The van der Waals surface area contributed by atoms with E-state index in [9.17, 15) is 9.90 Å². The zero-order valence-corrected chi connectivity index (χ0v) is 16.4. The highest BCUT2D eigenvalue weighted by atomic mass is 16.7. The topological polar surface area (TPSA) is 55.8 Å². The molecule has 0 spiro atoms. The van der Waals surface area contributed by atoms with Crippen LogP contribution in [0.3, 0.4) is 0 Å². The molecule has 146 valence electrons. The second kappa shape index (κ2) is 6.28. The summed E-state index contributed by atoms with van der Waals surface area (Å²) in [5.74, 6) is -1.20. The molecule has 0 aromatic heterocycles. The molecule has 29 heavy (non-hydrogen) atoms. The lowest BCUT2D eigenvalue weighted by molar-refractivity contribution is -0.263. The summed E-state index contributed by atoms with van der Waals surface area (Å²) in [4.78, 5) is 13.4. The molecule has 0 fully saturated rings.